The molecule has 10 heteroatoms. The van der Waals surface area contributed by atoms with Crippen molar-refractivity contribution >= 4 is 26.7 Å². The second kappa shape index (κ2) is 10.0. The topological polar surface area (TPSA) is 113 Å². The summed E-state index contributed by atoms with van der Waals surface area (Å²) in [5.74, 6) is 0.0838. The lowest BCUT2D eigenvalue weighted by Gasteiger charge is -2.14. The molecule has 4 aromatic rings. The van der Waals surface area contributed by atoms with Crippen LogP contribution in [0.15, 0.2) is 71.1 Å². The first-order chi connectivity index (χ1) is 16.5. The molecule has 176 valence electrons. The number of carbonyl (C=O) groups excluding carboxylic acids is 1. The van der Waals surface area contributed by atoms with Crippen LogP contribution in [0.5, 0.6) is 5.75 Å². The van der Waals surface area contributed by atoms with Crippen LogP contribution in [0.4, 0.5) is 0 Å². The van der Waals surface area contributed by atoms with Crippen molar-refractivity contribution in [3.63, 3.8) is 0 Å². The molecule has 34 heavy (non-hydrogen) atoms. The summed E-state index contributed by atoms with van der Waals surface area (Å²) in [6.45, 7) is 4.57. The molecule has 0 N–H and O–H groups in total. The van der Waals surface area contributed by atoms with Crippen molar-refractivity contribution < 1.29 is 22.7 Å². The summed E-state index contributed by atoms with van der Waals surface area (Å²) in [4.78, 5) is 20.6. The Labute approximate surface area is 197 Å². The summed E-state index contributed by atoms with van der Waals surface area (Å²) in [7, 11) is -4.00. The zero-order chi connectivity index (χ0) is 24.1. The summed E-state index contributed by atoms with van der Waals surface area (Å²) in [5.41, 5.74) is 1.02. The molecule has 0 aliphatic heterocycles. The standard InChI is InChI=1S/C24H24N4O5S/c1-3-5-12-33-18-7-9-19(10-8-18)34(30,31)22-14-26-21-11-6-17(24(29)32-4-2)13-20(21)23(22)28-16-25-15-27-28/h6-11,13-16H,3-5,12H2,1-2H3. The molecule has 9 nitrogen and oxygen atoms in total. The Kier molecular flexibility index (Phi) is 6.87. The zero-order valence-electron chi connectivity index (χ0n) is 18.8. The van der Waals surface area contributed by atoms with Crippen LogP contribution < -0.4 is 4.74 Å². The summed E-state index contributed by atoms with van der Waals surface area (Å²) in [6.07, 6.45) is 5.92. The molecule has 0 aliphatic carbocycles. The fourth-order valence-electron chi connectivity index (χ4n) is 3.43. The number of hydrogen-bond donors (Lipinski definition) is 0. The van der Waals surface area contributed by atoms with Crippen molar-refractivity contribution in [2.24, 2.45) is 0 Å². The molecule has 0 unspecified atom stereocenters. The number of pyridine rings is 1. The molecule has 4 rings (SSSR count). The predicted molar refractivity (Wildman–Crippen MR) is 125 cm³/mol. The maximum atomic E-state index is 13.7. The highest BCUT2D eigenvalue weighted by Crippen LogP contribution is 2.32. The molecule has 0 spiro atoms. The van der Waals surface area contributed by atoms with Crippen molar-refractivity contribution in [2.75, 3.05) is 13.2 Å². The van der Waals surface area contributed by atoms with E-state index >= 15 is 0 Å². The lowest BCUT2D eigenvalue weighted by molar-refractivity contribution is 0.0526. The molecule has 2 heterocycles. The van der Waals surface area contributed by atoms with Gasteiger partial charge in [-0.3, -0.25) is 4.98 Å². The van der Waals surface area contributed by atoms with E-state index in [1.54, 1.807) is 37.3 Å². The third-order valence-corrected chi connectivity index (χ3v) is 6.93. The van der Waals surface area contributed by atoms with Crippen LogP contribution in [0, 0.1) is 0 Å². The van der Waals surface area contributed by atoms with E-state index in [-0.39, 0.29) is 27.6 Å². The predicted octanol–water partition coefficient (Wildman–Crippen LogP) is 4.00. The molecular formula is C24H24N4O5S. The van der Waals surface area contributed by atoms with Gasteiger partial charge in [0.15, 0.2) is 0 Å². The van der Waals surface area contributed by atoms with E-state index in [1.807, 2.05) is 0 Å². The first-order valence-electron chi connectivity index (χ1n) is 10.9. The van der Waals surface area contributed by atoms with E-state index in [9.17, 15) is 13.2 Å². The van der Waals surface area contributed by atoms with Crippen molar-refractivity contribution in [1.29, 1.82) is 0 Å². The first-order valence-corrected chi connectivity index (χ1v) is 12.4. The lowest BCUT2D eigenvalue weighted by Crippen LogP contribution is -2.11. The Morgan fingerprint density at radius 3 is 2.56 bits per heavy atom. The van der Waals surface area contributed by atoms with E-state index in [0.29, 0.717) is 23.3 Å². The second-order valence-electron chi connectivity index (χ2n) is 7.44. The zero-order valence-corrected chi connectivity index (χ0v) is 19.7. The van der Waals surface area contributed by atoms with Gasteiger partial charge in [0, 0.05) is 11.6 Å². The molecule has 2 aromatic heterocycles. The van der Waals surface area contributed by atoms with Gasteiger partial charge >= 0.3 is 5.97 Å². The van der Waals surface area contributed by atoms with E-state index in [0.717, 1.165) is 12.8 Å². The fourth-order valence-corrected chi connectivity index (χ4v) is 4.83. The number of esters is 1. The summed E-state index contributed by atoms with van der Waals surface area (Å²) in [6, 6.07) is 11.0. The number of sulfone groups is 1. The third kappa shape index (κ3) is 4.62. The Hall–Kier alpha value is -3.79. The number of hydrogen-bond acceptors (Lipinski definition) is 8. The minimum atomic E-state index is -4.00. The number of ether oxygens (including phenoxy) is 2. The van der Waals surface area contributed by atoms with Crippen molar-refractivity contribution in [2.45, 2.75) is 36.5 Å². The molecule has 0 atom stereocenters. The molecule has 0 saturated heterocycles. The molecule has 0 bridgehead atoms. The van der Waals surface area contributed by atoms with Gasteiger partial charge < -0.3 is 9.47 Å². The van der Waals surface area contributed by atoms with Crippen molar-refractivity contribution in [1.82, 2.24) is 19.7 Å². The van der Waals surface area contributed by atoms with E-state index in [1.165, 1.54) is 35.7 Å². The van der Waals surface area contributed by atoms with Crippen LogP contribution >= 0.6 is 0 Å². The molecular weight excluding hydrogens is 456 g/mol. The van der Waals surface area contributed by atoms with Crippen LogP contribution in [-0.2, 0) is 14.6 Å². The number of carbonyl (C=O) groups is 1. The SMILES string of the molecule is CCCCOc1ccc(S(=O)(=O)c2cnc3ccc(C(=O)OCC)cc3c2-n2cncn2)cc1. The van der Waals surface area contributed by atoms with Gasteiger partial charge in [-0.1, -0.05) is 13.3 Å². The largest absolute Gasteiger partial charge is 0.494 e. The number of aromatic nitrogens is 4. The maximum absolute atomic E-state index is 13.7. The van der Waals surface area contributed by atoms with Crippen LogP contribution in [-0.4, -0.2) is 47.3 Å². The van der Waals surface area contributed by atoms with Crippen molar-refractivity contribution in [3.05, 3.63) is 66.9 Å². The Balaban J connectivity index is 1.84. The molecule has 2 aromatic carbocycles. The van der Waals surface area contributed by atoms with Gasteiger partial charge in [-0.25, -0.2) is 22.9 Å². The minimum Gasteiger partial charge on any atom is -0.494 e. The smallest absolute Gasteiger partial charge is 0.338 e. The molecule has 0 fully saturated rings. The van der Waals surface area contributed by atoms with Gasteiger partial charge in [-0.15, -0.1) is 0 Å². The van der Waals surface area contributed by atoms with Crippen LogP contribution in [0.1, 0.15) is 37.0 Å². The van der Waals surface area contributed by atoms with Gasteiger partial charge in [0.2, 0.25) is 9.84 Å². The van der Waals surface area contributed by atoms with E-state index in [4.69, 9.17) is 9.47 Å². The number of nitrogens with zero attached hydrogens (tertiary/aromatic N) is 4. The summed E-state index contributed by atoms with van der Waals surface area (Å²) in [5, 5.41) is 4.58. The highest BCUT2D eigenvalue weighted by atomic mass is 32.2. The number of unbranched alkanes of at least 4 members (excludes halogenated alkanes) is 1. The van der Waals surface area contributed by atoms with Gasteiger partial charge in [-0.05, 0) is 55.8 Å². The normalized spacial score (nSPS) is 11.5. The highest BCUT2D eigenvalue weighted by molar-refractivity contribution is 7.91. The minimum absolute atomic E-state index is 0.0637. The van der Waals surface area contributed by atoms with Crippen LogP contribution in [0.3, 0.4) is 0 Å². The Morgan fingerprint density at radius 1 is 1.09 bits per heavy atom. The monoisotopic (exact) mass is 480 g/mol. The van der Waals surface area contributed by atoms with Crippen LogP contribution in [0.2, 0.25) is 0 Å². The van der Waals surface area contributed by atoms with Gasteiger partial charge in [-0.2, -0.15) is 5.10 Å². The maximum Gasteiger partial charge on any atom is 0.338 e. The molecule has 0 amide bonds. The second-order valence-corrected chi connectivity index (χ2v) is 9.36. The average molecular weight is 481 g/mol. The number of rotatable bonds is 9. The van der Waals surface area contributed by atoms with Gasteiger partial charge in [0.05, 0.1) is 34.9 Å². The summed E-state index contributed by atoms with van der Waals surface area (Å²) < 4.78 is 39.4. The van der Waals surface area contributed by atoms with Crippen LogP contribution in [0.25, 0.3) is 16.6 Å². The molecule has 0 radical (unpaired) electrons. The lowest BCUT2D eigenvalue weighted by atomic mass is 10.1. The highest BCUT2D eigenvalue weighted by Gasteiger charge is 2.26. The summed E-state index contributed by atoms with van der Waals surface area (Å²) >= 11 is 0. The number of benzene rings is 2. The Morgan fingerprint density at radius 2 is 1.88 bits per heavy atom. The fraction of sp³-hybridized carbons (Fsp3) is 0.250. The van der Waals surface area contributed by atoms with Gasteiger partial charge in [0.25, 0.3) is 0 Å². The quantitative estimate of drug-likeness (QED) is 0.261. The molecule has 0 aliphatic rings. The molecule has 0 saturated carbocycles. The van der Waals surface area contributed by atoms with E-state index in [2.05, 4.69) is 22.0 Å². The first kappa shape index (κ1) is 23.4. The van der Waals surface area contributed by atoms with Gasteiger partial charge in [0.1, 0.15) is 23.3 Å². The van der Waals surface area contributed by atoms with E-state index < -0.39 is 15.8 Å². The van der Waals surface area contributed by atoms with Crippen molar-refractivity contribution in [3.8, 4) is 11.4 Å². The number of fused-ring (bicyclic) bond motifs is 1. The average Bonchev–Trinajstić information content (AvgIpc) is 3.38. The third-order valence-electron chi connectivity index (χ3n) is 5.16. The Bertz CT molecular complexity index is 1400.